The minimum Gasteiger partial charge on any atom is -0.277 e. The second-order valence-electron chi connectivity index (χ2n) is 4.12. The Bertz CT molecular complexity index is 607. The molecule has 1 aromatic rings. The van der Waals surface area contributed by atoms with Crippen molar-refractivity contribution in [2.45, 2.75) is 17.7 Å². The van der Waals surface area contributed by atoms with E-state index >= 15 is 0 Å². The van der Waals surface area contributed by atoms with Crippen LogP contribution in [0, 0.1) is 16.0 Å². The lowest BCUT2D eigenvalue weighted by Gasteiger charge is -2.07. The van der Waals surface area contributed by atoms with Gasteiger partial charge in [0.15, 0.2) is 0 Å². The van der Waals surface area contributed by atoms with Gasteiger partial charge in [-0.2, -0.15) is 0 Å². The molecule has 8 nitrogen and oxygen atoms in total. The molecule has 0 atom stereocenters. The van der Waals surface area contributed by atoms with E-state index in [9.17, 15) is 23.3 Å². The molecule has 1 aromatic carbocycles. The summed E-state index contributed by atoms with van der Waals surface area (Å²) in [5, 5.41) is 10.4. The van der Waals surface area contributed by atoms with Crippen molar-refractivity contribution < 1.29 is 18.1 Å². The van der Waals surface area contributed by atoms with Crippen LogP contribution in [-0.4, -0.2) is 19.2 Å². The summed E-state index contributed by atoms with van der Waals surface area (Å²) >= 11 is 0. The topological polar surface area (TPSA) is 118 Å². The molecule has 1 fully saturated rings. The van der Waals surface area contributed by atoms with Crippen LogP contribution in [-0.2, 0) is 14.8 Å². The van der Waals surface area contributed by atoms with Crippen molar-refractivity contribution in [1.82, 2.24) is 10.3 Å². The number of nitro groups is 1. The molecule has 102 valence electrons. The van der Waals surface area contributed by atoms with E-state index in [0.29, 0.717) is 0 Å². The zero-order valence-electron chi connectivity index (χ0n) is 9.70. The van der Waals surface area contributed by atoms with Gasteiger partial charge in [-0.3, -0.25) is 20.3 Å². The maximum absolute atomic E-state index is 11.8. The molecule has 0 spiro atoms. The van der Waals surface area contributed by atoms with Crippen LogP contribution < -0.4 is 10.3 Å². The fraction of sp³-hybridized carbons (Fsp3) is 0.300. The molecule has 1 aliphatic carbocycles. The number of rotatable bonds is 5. The van der Waals surface area contributed by atoms with Gasteiger partial charge in [-0.1, -0.05) is 0 Å². The summed E-state index contributed by atoms with van der Waals surface area (Å²) in [7, 11) is -3.91. The molecular weight excluding hydrogens is 274 g/mol. The molecule has 2 N–H and O–H groups in total. The van der Waals surface area contributed by atoms with Crippen LogP contribution in [0.4, 0.5) is 5.69 Å². The molecule has 0 radical (unpaired) electrons. The van der Waals surface area contributed by atoms with E-state index < -0.39 is 14.9 Å². The minimum absolute atomic E-state index is 0.125. The molecule has 1 aliphatic rings. The van der Waals surface area contributed by atoms with Crippen molar-refractivity contribution in [3.63, 3.8) is 0 Å². The molecule has 0 aromatic heterocycles. The molecule has 0 bridgehead atoms. The Labute approximate surface area is 109 Å². The van der Waals surface area contributed by atoms with Gasteiger partial charge < -0.3 is 0 Å². The second kappa shape index (κ2) is 4.94. The molecule has 2 rings (SSSR count). The van der Waals surface area contributed by atoms with Crippen LogP contribution >= 0.6 is 0 Å². The Morgan fingerprint density at radius 2 is 1.84 bits per heavy atom. The first kappa shape index (κ1) is 13.4. The van der Waals surface area contributed by atoms with Gasteiger partial charge in [-0.05, 0) is 25.0 Å². The summed E-state index contributed by atoms with van der Waals surface area (Å²) < 4.78 is 23.5. The van der Waals surface area contributed by atoms with Crippen LogP contribution in [0.1, 0.15) is 12.8 Å². The zero-order valence-corrected chi connectivity index (χ0v) is 10.5. The van der Waals surface area contributed by atoms with Crippen molar-refractivity contribution in [2.24, 2.45) is 5.92 Å². The minimum atomic E-state index is -3.91. The van der Waals surface area contributed by atoms with Gasteiger partial charge >= 0.3 is 0 Å². The fourth-order valence-electron chi connectivity index (χ4n) is 1.37. The molecular formula is C10H11N3O5S. The molecule has 0 heterocycles. The molecule has 1 saturated carbocycles. The summed E-state index contributed by atoms with van der Waals surface area (Å²) in [6.07, 6.45) is 1.51. The number of nitro benzene ring substituents is 1. The number of nitrogens with zero attached hydrogens (tertiary/aromatic N) is 1. The van der Waals surface area contributed by atoms with Crippen molar-refractivity contribution in [3.05, 3.63) is 34.4 Å². The first-order chi connectivity index (χ1) is 8.90. The fourth-order valence-corrected chi connectivity index (χ4v) is 2.22. The molecule has 0 aliphatic heterocycles. The van der Waals surface area contributed by atoms with E-state index in [1.54, 1.807) is 0 Å². The molecule has 9 heteroatoms. The third kappa shape index (κ3) is 3.26. The van der Waals surface area contributed by atoms with E-state index in [1.807, 2.05) is 4.83 Å². The lowest BCUT2D eigenvalue weighted by molar-refractivity contribution is -0.384. The Balaban J connectivity index is 2.05. The normalized spacial score (nSPS) is 14.9. The van der Waals surface area contributed by atoms with Crippen LogP contribution in [0.2, 0.25) is 0 Å². The average molecular weight is 285 g/mol. The molecule has 19 heavy (non-hydrogen) atoms. The average Bonchev–Trinajstić information content (AvgIpc) is 3.20. The predicted octanol–water partition coefficient (Wildman–Crippen LogP) is 0.314. The SMILES string of the molecule is O=C(NNS(=O)(=O)c1ccc([N+](=O)[O-])cc1)C1CC1. The van der Waals surface area contributed by atoms with Crippen LogP contribution in [0.25, 0.3) is 0 Å². The smallest absolute Gasteiger partial charge is 0.269 e. The van der Waals surface area contributed by atoms with Gasteiger partial charge in [0.25, 0.3) is 15.7 Å². The van der Waals surface area contributed by atoms with Crippen molar-refractivity contribution in [1.29, 1.82) is 0 Å². The number of nitrogens with one attached hydrogen (secondary N) is 2. The summed E-state index contributed by atoms with van der Waals surface area (Å²) in [5.41, 5.74) is 1.90. The van der Waals surface area contributed by atoms with Crippen LogP contribution in [0.3, 0.4) is 0 Å². The van der Waals surface area contributed by atoms with Gasteiger partial charge in [-0.15, -0.1) is 4.83 Å². The van der Waals surface area contributed by atoms with Crippen LogP contribution in [0.15, 0.2) is 29.2 Å². The lowest BCUT2D eigenvalue weighted by Crippen LogP contribution is -2.42. The van der Waals surface area contributed by atoms with Gasteiger partial charge in [0.1, 0.15) is 0 Å². The highest BCUT2D eigenvalue weighted by molar-refractivity contribution is 7.89. The quantitative estimate of drug-likeness (QED) is 0.596. The zero-order chi connectivity index (χ0) is 14.0. The first-order valence-corrected chi connectivity index (χ1v) is 6.94. The number of hydrogen-bond acceptors (Lipinski definition) is 5. The largest absolute Gasteiger partial charge is 0.277 e. The number of amides is 1. The van der Waals surface area contributed by atoms with Crippen molar-refractivity contribution in [3.8, 4) is 0 Å². The first-order valence-electron chi connectivity index (χ1n) is 5.46. The Morgan fingerprint density at radius 1 is 1.26 bits per heavy atom. The number of non-ortho nitro benzene ring substituents is 1. The second-order valence-corrected chi connectivity index (χ2v) is 5.80. The number of carbonyl (C=O) groups is 1. The van der Waals surface area contributed by atoms with Gasteiger partial charge in [0, 0.05) is 18.1 Å². The Kier molecular flexibility index (Phi) is 3.49. The Hall–Kier alpha value is -2.00. The van der Waals surface area contributed by atoms with E-state index in [2.05, 4.69) is 5.43 Å². The summed E-state index contributed by atoms with van der Waals surface area (Å²) in [5.74, 6) is -0.495. The number of hydrogen-bond donors (Lipinski definition) is 2. The van der Waals surface area contributed by atoms with Crippen LogP contribution in [0.5, 0.6) is 0 Å². The highest BCUT2D eigenvalue weighted by Crippen LogP contribution is 2.28. The van der Waals surface area contributed by atoms with E-state index in [-0.39, 0.29) is 22.4 Å². The maximum atomic E-state index is 11.8. The monoisotopic (exact) mass is 285 g/mol. The van der Waals surface area contributed by atoms with E-state index in [0.717, 1.165) is 37.1 Å². The van der Waals surface area contributed by atoms with E-state index in [1.165, 1.54) is 0 Å². The summed E-state index contributed by atoms with van der Waals surface area (Å²) in [6.45, 7) is 0. The van der Waals surface area contributed by atoms with Crippen molar-refractivity contribution in [2.75, 3.05) is 0 Å². The number of hydrazine groups is 1. The van der Waals surface area contributed by atoms with Gasteiger partial charge in [0.05, 0.1) is 9.82 Å². The van der Waals surface area contributed by atoms with Crippen molar-refractivity contribution >= 4 is 21.6 Å². The third-order valence-electron chi connectivity index (χ3n) is 2.61. The van der Waals surface area contributed by atoms with Gasteiger partial charge in [-0.25, -0.2) is 8.42 Å². The highest BCUT2D eigenvalue weighted by atomic mass is 32.2. The third-order valence-corrected chi connectivity index (χ3v) is 3.88. The Morgan fingerprint density at radius 3 is 2.32 bits per heavy atom. The standard InChI is InChI=1S/C10H11N3O5S/c14-10(7-1-2-7)11-12-19(17,18)9-5-3-8(4-6-9)13(15)16/h3-7,12H,1-2H2,(H,11,14). The molecule has 1 amide bonds. The molecule has 0 unspecified atom stereocenters. The predicted molar refractivity (Wildman–Crippen MR) is 64.3 cm³/mol. The van der Waals surface area contributed by atoms with E-state index in [4.69, 9.17) is 0 Å². The number of benzene rings is 1. The van der Waals surface area contributed by atoms with Gasteiger partial charge in [0.2, 0.25) is 5.91 Å². The highest BCUT2D eigenvalue weighted by Gasteiger charge is 2.30. The lowest BCUT2D eigenvalue weighted by atomic mass is 10.3. The number of sulfonamides is 1. The summed E-state index contributed by atoms with van der Waals surface area (Å²) in [4.78, 5) is 22.9. The number of carbonyl (C=O) groups excluding carboxylic acids is 1. The molecule has 0 saturated heterocycles. The maximum Gasteiger partial charge on any atom is 0.269 e. The summed E-state index contributed by atoms with van der Waals surface area (Å²) in [6, 6.07) is 4.36.